The molecule has 0 saturated carbocycles. The number of benzene rings is 1. The van der Waals surface area contributed by atoms with Crippen molar-refractivity contribution in [3.63, 3.8) is 0 Å². The molecule has 140 valence electrons. The molecule has 1 unspecified atom stereocenters. The number of carbonyl (C=O) groups excluding carboxylic acids is 1. The van der Waals surface area contributed by atoms with E-state index in [9.17, 15) is 4.79 Å². The van der Waals surface area contributed by atoms with Crippen molar-refractivity contribution in [1.29, 1.82) is 0 Å². The van der Waals surface area contributed by atoms with Crippen LogP contribution in [-0.4, -0.2) is 29.9 Å². The predicted molar refractivity (Wildman–Crippen MR) is 115 cm³/mol. The van der Waals surface area contributed by atoms with Gasteiger partial charge in [-0.05, 0) is 42.9 Å². The molecule has 1 saturated heterocycles. The summed E-state index contributed by atoms with van der Waals surface area (Å²) in [6.07, 6.45) is 3.18. The number of amides is 1. The van der Waals surface area contributed by atoms with Gasteiger partial charge in [-0.3, -0.25) is 4.79 Å². The summed E-state index contributed by atoms with van der Waals surface area (Å²) < 4.78 is 0. The summed E-state index contributed by atoms with van der Waals surface area (Å²) in [6, 6.07) is 7.82. The lowest BCUT2D eigenvalue weighted by molar-refractivity contribution is -0.119. The van der Waals surface area contributed by atoms with Crippen molar-refractivity contribution >= 4 is 41.5 Å². The summed E-state index contributed by atoms with van der Waals surface area (Å²) in [5, 5.41) is 2.96. The van der Waals surface area contributed by atoms with Crippen LogP contribution in [0.15, 0.2) is 29.3 Å². The van der Waals surface area contributed by atoms with Gasteiger partial charge >= 0.3 is 0 Å². The van der Waals surface area contributed by atoms with Crippen LogP contribution in [0.1, 0.15) is 45.6 Å². The first-order valence-electron chi connectivity index (χ1n) is 8.94. The number of nitrogens with zero attached hydrogens (tertiary/aromatic N) is 2. The van der Waals surface area contributed by atoms with Gasteiger partial charge in [0.05, 0.1) is 6.54 Å². The van der Waals surface area contributed by atoms with Crippen molar-refractivity contribution in [3.8, 4) is 0 Å². The van der Waals surface area contributed by atoms with Gasteiger partial charge in [-0.15, -0.1) is 24.0 Å². The van der Waals surface area contributed by atoms with Gasteiger partial charge in [-0.25, -0.2) is 4.99 Å². The van der Waals surface area contributed by atoms with Crippen LogP contribution in [0.3, 0.4) is 0 Å². The zero-order chi connectivity index (χ0) is 17.5. The van der Waals surface area contributed by atoms with E-state index in [4.69, 9.17) is 5.73 Å². The quantitative estimate of drug-likeness (QED) is 0.400. The van der Waals surface area contributed by atoms with Crippen LogP contribution in [0.2, 0.25) is 0 Å². The number of hydrogen-bond donors (Lipinski definition) is 2. The molecule has 2 rings (SSSR count). The molecule has 0 spiro atoms. The number of guanidine groups is 1. The molecule has 1 amide bonds. The van der Waals surface area contributed by atoms with Crippen LogP contribution in [0.25, 0.3) is 0 Å². The fourth-order valence-electron chi connectivity index (χ4n) is 2.71. The van der Waals surface area contributed by atoms with Crippen LogP contribution in [0.5, 0.6) is 0 Å². The maximum Gasteiger partial charge on any atom is 0.227 e. The van der Waals surface area contributed by atoms with Crippen molar-refractivity contribution in [2.75, 3.05) is 18.4 Å². The molecule has 1 aliphatic heterocycles. The van der Waals surface area contributed by atoms with Gasteiger partial charge in [0, 0.05) is 24.7 Å². The number of halogens is 1. The largest absolute Gasteiger partial charge is 0.370 e. The van der Waals surface area contributed by atoms with Crippen LogP contribution in [0.4, 0.5) is 5.69 Å². The number of aliphatic imine (C=N–C) groups is 1. The summed E-state index contributed by atoms with van der Waals surface area (Å²) in [7, 11) is 0. The average molecular weight is 458 g/mol. The lowest BCUT2D eigenvalue weighted by Crippen LogP contribution is -2.42. The second kappa shape index (κ2) is 10.6. The maximum absolute atomic E-state index is 12.0. The minimum Gasteiger partial charge on any atom is -0.370 e. The van der Waals surface area contributed by atoms with E-state index in [2.05, 4.69) is 22.1 Å². The van der Waals surface area contributed by atoms with Crippen molar-refractivity contribution in [2.45, 2.75) is 46.6 Å². The minimum atomic E-state index is 0. The second-order valence-corrected chi connectivity index (χ2v) is 6.84. The molecule has 1 aromatic rings. The van der Waals surface area contributed by atoms with E-state index in [-0.39, 0.29) is 35.8 Å². The Balaban J connectivity index is 0.00000312. The average Bonchev–Trinajstić information content (AvgIpc) is 2.59. The van der Waals surface area contributed by atoms with Gasteiger partial charge in [-0.2, -0.15) is 0 Å². The molecule has 0 aromatic heterocycles. The highest BCUT2D eigenvalue weighted by Crippen LogP contribution is 2.16. The SMILES string of the molecule is CCC(C)C(=O)Nc1cccc(CN=C(N)N2CCC(C)CC2)c1.I. The van der Waals surface area contributed by atoms with E-state index in [1.165, 1.54) is 12.8 Å². The van der Waals surface area contributed by atoms with Crippen molar-refractivity contribution < 1.29 is 4.79 Å². The first-order valence-corrected chi connectivity index (χ1v) is 8.94. The third-order valence-electron chi connectivity index (χ3n) is 4.79. The smallest absolute Gasteiger partial charge is 0.227 e. The van der Waals surface area contributed by atoms with Gasteiger partial charge in [0.25, 0.3) is 0 Å². The molecule has 6 heteroatoms. The highest BCUT2D eigenvalue weighted by atomic mass is 127. The standard InChI is InChI=1S/C19H30N4O.HI/c1-4-15(3)18(24)22-17-7-5-6-16(12-17)13-21-19(20)23-10-8-14(2)9-11-23;/h5-7,12,14-15H,4,8-11,13H2,1-3H3,(H2,20,21)(H,22,24);1H. The molecule has 5 nitrogen and oxygen atoms in total. The van der Waals surface area contributed by atoms with E-state index >= 15 is 0 Å². The van der Waals surface area contributed by atoms with Gasteiger partial charge in [0.15, 0.2) is 5.96 Å². The van der Waals surface area contributed by atoms with Crippen LogP contribution in [-0.2, 0) is 11.3 Å². The molecule has 0 aliphatic carbocycles. The Kier molecular flexibility index (Phi) is 9.24. The Labute approximate surface area is 168 Å². The number of likely N-dealkylation sites (tertiary alicyclic amines) is 1. The molecule has 1 aromatic carbocycles. The number of nitrogens with one attached hydrogen (secondary N) is 1. The van der Waals surface area contributed by atoms with Crippen LogP contribution < -0.4 is 11.1 Å². The molecule has 25 heavy (non-hydrogen) atoms. The third kappa shape index (κ3) is 6.84. The first kappa shape index (κ1) is 21.7. The first-order chi connectivity index (χ1) is 11.5. The number of piperidine rings is 1. The van der Waals surface area contributed by atoms with E-state index in [0.717, 1.165) is 36.7 Å². The predicted octanol–water partition coefficient (Wildman–Crippen LogP) is 3.84. The Bertz CT molecular complexity index is 583. The molecule has 1 atom stereocenters. The van der Waals surface area contributed by atoms with Crippen LogP contribution in [0, 0.1) is 11.8 Å². The molecule has 1 heterocycles. The van der Waals surface area contributed by atoms with E-state index < -0.39 is 0 Å². The number of rotatable bonds is 5. The molecule has 1 fully saturated rings. The maximum atomic E-state index is 12.0. The summed E-state index contributed by atoms with van der Waals surface area (Å²) in [6.45, 7) is 8.74. The van der Waals surface area contributed by atoms with Gasteiger partial charge in [0.2, 0.25) is 5.91 Å². The van der Waals surface area contributed by atoms with Gasteiger partial charge in [0.1, 0.15) is 0 Å². The van der Waals surface area contributed by atoms with Crippen LogP contribution >= 0.6 is 24.0 Å². The molecular formula is C19H31IN4O. The van der Waals surface area contributed by atoms with Gasteiger partial charge in [-0.1, -0.05) is 32.9 Å². The van der Waals surface area contributed by atoms with Gasteiger partial charge < -0.3 is 16.0 Å². The van der Waals surface area contributed by atoms with Crippen molar-refractivity contribution in [1.82, 2.24) is 4.90 Å². The summed E-state index contributed by atoms with van der Waals surface area (Å²) >= 11 is 0. The third-order valence-corrected chi connectivity index (χ3v) is 4.79. The molecular weight excluding hydrogens is 427 g/mol. The highest BCUT2D eigenvalue weighted by Gasteiger charge is 2.16. The Morgan fingerprint density at radius 1 is 1.40 bits per heavy atom. The van der Waals surface area contributed by atoms with Crippen molar-refractivity contribution in [2.24, 2.45) is 22.6 Å². The topological polar surface area (TPSA) is 70.7 Å². The normalized spacial score (nSPS) is 16.9. The van der Waals surface area contributed by atoms with E-state index in [0.29, 0.717) is 12.5 Å². The number of anilines is 1. The fourth-order valence-corrected chi connectivity index (χ4v) is 2.71. The highest BCUT2D eigenvalue weighted by molar-refractivity contribution is 14.0. The lowest BCUT2D eigenvalue weighted by Gasteiger charge is -2.31. The number of nitrogens with two attached hydrogens (primary N) is 1. The Morgan fingerprint density at radius 3 is 2.72 bits per heavy atom. The molecule has 0 radical (unpaired) electrons. The summed E-state index contributed by atoms with van der Waals surface area (Å²) in [4.78, 5) is 18.7. The number of hydrogen-bond acceptors (Lipinski definition) is 2. The number of carbonyl (C=O) groups is 1. The monoisotopic (exact) mass is 458 g/mol. The summed E-state index contributed by atoms with van der Waals surface area (Å²) in [5.41, 5.74) is 7.99. The summed E-state index contributed by atoms with van der Waals surface area (Å²) in [5.74, 6) is 1.47. The Morgan fingerprint density at radius 2 is 2.08 bits per heavy atom. The van der Waals surface area contributed by atoms with E-state index in [1.54, 1.807) is 0 Å². The Hall–Kier alpha value is -1.31. The molecule has 3 N–H and O–H groups in total. The second-order valence-electron chi connectivity index (χ2n) is 6.84. The zero-order valence-corrected chi connectivity index (χ0v) is 17.8. The molecule has 0 bridgehead atoms. The lowest BCUT2D eigenvalue weighted by atomic mass is 10.00. The fraction of sp³-hybridized carbons (Fsp3) is 0.579. The minimum absolute atomic E-state index is 0. The van der Waals surface area contributed by atoms with Crippen molar-refractivity contribution in [3.05, 3.63) is 29.8 Å². The molecule has 1 aliphatic rings. The van der Waals surface area contributed by atoms with E-state index in [1.807, 2.05) is 38.1 Å². The zero-order valence-electron chi connectivity index (χ0n) is 15.5.